The highest BCUT2D eigenvalue weighted by Gasteiger charge is 2.29. The van der Waals surface area contributed by atoms with Gasteiger partial charge >= 0.3 is 0 Å². The number of nitrogens with one attached hydrogen (secondary N) is 1. The molecule has 1 N–H and O–H groups in total. The maximum Gasteiger partial charge on any atom is 0.244 e. The summed E-state index contributed by atoms with van der Waals surface area (Å²) in [6, 6.07) is 8.85. The van der Waals surface area contributed by atoms with E-state index < -0.39 is 10.0 Å². The third kappa shape index (κ3) is 4.19. The van der Waals surface area contributed by atoms with Crippen molar-refractivity contribution < 1.29 is 27.4 Å². The highest BCUT2D eigenvalue weighted by atomic mass is 32.2. The van der Waals surface area contributed by atoms with Gasteiger partial charge in [0.2, 0.25) is 22.6 Å². The highest BCUT2D eigenvalue weighted by Crippen LogP contribution is 2.42. The van der Waals surface area contributed by atoms with Gasteiger partial charge in [0.1, 0.15) is 10.6 Å². The van der Waals surface area contributed by atoms with E-state index in [0.29, 0.717) is 36.1 Å². The smallest absolute Gasteiger partial charge is 0.244 e. The standard InChI is InChI=1S/C21H26N2O6S/c1-14-4-5-17(26-2)20(8-14)30(24,25)22-16-6-7-23(12-16)11-15-9-18(27-3)21-19(10-15)28-13-29-21/h4-5,8-10,16,22H,6-7,11-13H2,1-3H3. The van der Waals surface area contributed by atoms with Crippen LogP contribution in [0, 0.1) is 6.92 Å². The summed E-state index contributed by atoms with van der Waals surface area (Å²) in [6.07, 6.45) is 0.731. The molecule has 4 rings (SSSR count). The molecule has 0 aromatic heterocycles. The van der Waals surface area contributed by atoms with Gasteiger partial charge in [0.05, 0.1) is 14.2 Å². The van der Waals surface area contributed by atoms with Crippen LogP contribution in [0.4, 0.5) is 0 Å². The summed E-state index contributed by atoms with van der Waals surface area (Å²) >= 11 is 0. The summed E-state index contributed by atoms with van der Waals surface area (Å²) in [5, 5.41) is 0. The van der Waals surface area contributed by atoms with Crippen molar-refractivity contribution in [1.29, 1.82) is 0 Å². The second-order valence-electron chi connectivity index (χ2n) is 7.53. The number of fused-ring (bicyclic) bond motifs is 1. The molecular formula is C21H26N2O6S. The Hall–Kier alpha value is -2.49. The van der Waals surface area contributed by atoms with E-state index in [4.69, 9.17) is 18.9 Å². The van der Waals surface area contributed by atoms with E-state index in [1.165, 1.54) is 7.11 Å². The van der Waals surface area contributed by atoms with Crippen molar-refractivity contribution in [2.75, 3.05) is 34.1 Å². The van der Waals surface area contributed by atoms with E-state index in [1.54, 1.807) is 19.2 Å². The van der Waals surface area contributed by atoms with Gasteiger partial charge in [0, 0.05) is 25.7 Å². The zero-order valence-electron chi connectivity index (χ0n) is 17.3. The first-order valence-corrected chi connectivity index (χ1v) is 11.2. The molecule has 2 aromatic rings. The lowest BCUT2D eigenvalue weighted by Gasteiger charge is -2.18. The Morgan fingerprint density at radius 2 is 1.93 bits per heavy atom. The Labute approximate surface area is 176 Å². The van der Waals surface area contributed by atoms with Crippen LogP contribution in [0.15, 0.2) is 35.2 Å². The van der Waals surface area contributed by atoms with Gasteiger partial charge in [0.15, 0.2) is 11.5 Å². The second kappa shape index (κ2) is 8.33. The normalized spacial score (nSPS) is 18.6. The molecule has 0 radical (unpaired) electrons. The molecule has 2 heterocycles. The average Bonchev–Trinajstić information content (AvgIpc) is 3.36. The van der Waals surface area contributed by atoms with Gasteiger partial charge in [0.25, 0.3) is 0 Å². The SMILES string of the molecule is COc1ccc(C)cc1S(=O)(=O)NC1CCN(Cc2cc(OC)c3c(c2)OCO3)C1. The van der Waals surface area contributed by atoms with Crippen LogP contribution in [-0.2, 0) is 16.6 Å². The first-order valence-electron chi connectivity index (χ1n) is 9.75. The first-order chi connectivity index (χ1) is 14.4. The zero-order chi connectivity index (χ0) is 21.3. The van der Waals surface area contributed by atoms with Crippen molar-refractivity contribution in [1.82, 2.24) is 9.62 Å². The van der Waals surface area contributed by atoms with Gasteiger partial charge in [-0.15, -0.1) is 0 Å². The summed E-state index contributed by atoms with van der Waals surface area (Å²) in [5.41, 5.74) is 1.89. The van der Waals surface area contributed by atoms with E-state index in [9.17, 15) is 8.42 Å². The Morgan fingerprint density at radius 3 is 2.70 bits per heavy atom. The first kappa shape index (κ1) is 20.8. The lowest BCUT2D eigenvalue weighted by Crippen LogP contribution is -2.37. The molecule has 2 aromatic carbocycles. The maximum absolute atomic E-state index is 12.9. The Morgan fingerprint density at radius 1 is 1.13 bits per heavy atom. The fourth-order valence-corrected chi connectivity index (χ4v) is 5.40. The molecule has 0 saturated carbocycles. The monoisotopic (exact) mass is 434 g/mol. The molecule has 1 saturated heterocycles. The highest BCUT2D eigenvalue weighted by molar-refractivity contribution is 7.89. The minimum absolute atomic E-state index is 0.170. The second-order valence-corrected chi connectivity index (χ2v) is 9.21. The van der Waals surface area contributed by atoms with Crippen molar-refractivity contribution in [3.05, 3.63) is 41.5 Å². The molecule has 0 amide bonds. The van der Waals surface area contributed by atoms with Crippen LogP contribution in [0.5, 0.6) is 23.0 Å². The lowest BCUT2D eigenvalue weighted by atomic mass is 10.1. The summed E-state index contributed by atoms with van der Waals surface area (Å²) in [7, 11) is -0.611. The van der Waals surface area contributed by atoms with Crippen LogP contribution in [0.25, 0.3) is 0 Å². The number of hydrogen-bond donors (Lipinski definition) is 1. The number of methoxy groups -OCH3 is 2. The van der Waals surface area contributed by atoms with Crippen LogP contribution < -0.4 is 23.7 Å². The molecule has 1 atom stereocenters. The molecule has 2 aliphatic rings. The summed E-state index contributed by atoms with van der Waals surface area (Å²) in [4.78, 5) is 2.38. The maximum atomic E-state index is 12.9. The average molecular weight is 435 g/mol. The summed E-state index contributed by atoms with van der Waals surface area (Å²) in [5.74, 6) is 2.28. The van der Waals surface area contributed by atoms with Crippen molar-refractivity contribution in [2.24, 2.45) is 0 Å². The van der Waals surface area contributed by atoms with Crippen LogP contribution in [0.3, 0.4) is 0 Å². The van der Waals surface area contributed by atoms with Gasteiger partial charge in [-0.1, -0.05) is 6.07 Å². The molecule has 9 heteroatoms. The van der Waals surface area contributed by atoms with Crippen molar-refractivity contribution in [2.45, 2.75) is 30.8 Å². The predicted octanol–water partition coefficient (Wildman–Crippen LogP) is 2.29. The number of rotatable bonds is 7. The van der Waals surface area contributed by atoms with Gasteiger partial charge in [-0.3, -0.25) is 4.90 Å². The summed E-state index contributed by atoms with van der Waals surface area (Å²) < 4.78 is 50.3. The number of ether oxygens (including phenoxy) is 4. The van der Waals surface area contributed by atoms with Crippen LogP contribution in [0.2, 0.25) is 0 Å². The van der Waals surface area contributed by atoms with Gasteiger partial charge < -0.3 is 18.9 Å². The van der Waals surface area contributed by atoms with Crippen molar-refractivity contribution in [3.63, 3.8) is 0 Å². The molecule has 2 aliphatic heterocycles. The molecule has 1 fully saturated rings. The minimum Gasteiger partial charge on any atom is -0.495 e. The molecule has 0 aliphatic carbocycles. The zero-order valence-corrected chi connectivity index (χ0v) is 18.1. The van der Waals surface area contributed by atoms with Gasteiger partial charge in [-0.05, 0) is 48.7 Å². The van der Waals surface area contributed by atoms with Gasteiger partial charge in [-0.25, -0.2) is 13.1 Å². The topological polar surface area (TPSA) is 86.3 Å². The van der Waals surface area contributed by atoms with E-state index >= 15 is 0 Å². The molecule has 0 bridgehead atoms. The summed E-state index contributed by atoms with van der Waals surface area (Å²) in [6.45, 7) is 4.11. The predicted molar refractivity (Wildman–Crippen MR) is 111 cm³/mol. The molecule has 30 heavy (non-hydrogen) atoms. The lowest BCUT2D eigenvalue weighted by molar-refractivity contribution is 0.171. The van der Waals surface area contributed by atoms with Crippen LogP contribution in [-0.4, -0.2) is 53.5 Å². The molecule has 1 unspecified atom stereocenters. The fraction of sp³-hybridized carbons (Fsp3) is 0.429. The number of nitrogens with zero attached hydrogens (tertiary/aromatic N) is 1. The third-order valence-electron chi connectivity index (χ3n) is 5.33. The third-order valence-corrected chi connectivity index (χ3v) is 6.87. The quantitative estimate of drug-likeness (QED) is 0.716. The van der Waals surface area contributed by atoms with Crippen molar-refractivity contribution in [3.8, 4) is 23.0 Å². The number of sulfonamides is 1. The number of aryl methyl sites for hydroxylation is 1. The Balaban J connectivity index is 1.44. The van der Waals surface area contributed by atoms with E-state index in [2.05, 4.69) is 9.62 Å². The Kier molecular flexibility index (Phi) is 5.77. The fourth-order valence-electron chi connectivity index (χ4n) is 3.88. The van der Waals surface area contributed by atoms with Crippen molar-refractivity contribution >= 4 is 10.0 Å². The molecular weight excluding hydrogens is 408 g/mol. The van der Waals surface area contributed by atoms with E-state index in [1.807, 2.05) is 25.1 Å². The number of hydrogen-bond acceptors (Lipinski definition) is 7. The number of benzene rings is 2. The largest absolute Gasteiger partial charge is 0.495 e. The minimum atomic E-state index is -3.68. The molecule has 0 spiro atoms. The number of likely N-dealkylation sites (tertiary alicyclic amines) is 1. The molecule has 162 valence electrons. The van der Waals surface area contributed by atoms with Crippen LogP contribution >= 0.6 is 0 Å². The van der Waals surface area contributed by atoms with Crippen LogP contribution in [0.1, 0.15) is 17.5 Å². The molecule has 8 nitrogen and oxygen atoms in total. The van der Waals surface area contributed by atoms with E-state index in [0.717, 1.165) is 24.1 Å². The Bertz CT molecular complexity index is 1040. The van der Waals surface area contributed by atoms with Gasteiger partial charge in [-0.2, -0.15) is 0 Å². The van der Waals surface area contributed by atoms with E-state index in [-0.39, 0.29) is 17.7 Å².